The minimum Gasteiger partial charge on any atom is -0.311 e. The van der Waals surface area contributed by atoms with E-state index >= 15 is 0 Å². The highest BCUT2D eigenvalue weighted by Gasteiger charge is 2.29. The lowest BCUT2D eigenvalue weighted by molar-refractivity contribution is 0.370. The molecule has 1 aliphatic carbocycles. The van der Waals surface area contributed by atoms with Crippen molar-refractivity contribution in [2.24, 2.45) is 13.0 Å². The van der Waals surface area contributed by atoms with Crippen molar-refractivity contribution in [3.8, 4) is 0 Å². The van der Waals surface area contributed by atoms with E-state index in [1.54, 1.807) is 0 Å². The van der Waals surface area contributed by atoms with Crippen LogP contribution in [0.1, 0.15) is 37.4 Å². The van der Waals surface area contributed by atoms with E-state index in [0.29, 0.717) is 6.04 Å². The molecular weight excluding hydrogens is 256 g/mol. The van der Waals surface area contributed by atoms with Gasteiger partial charge >= 0.3 is 0 Å². The molecule has 1 heterocycles. The Morgan fingerprint density at radius 3 is 2.60 bits per heavy atom. The zero-order chi connectivity index (χ0) is 10.8. The van der Waals surface area contributed by atoms with Gasteiger partial charge in [0.2, 0.25) is 0 Å². The highest BCUT2D eigenvalue weighted by Crippen LogP contribution is 2.36. The van der Waals surface area contributed by atoms with Gasteiger partial charge in [-0.3, -0.25) is 0 Å². The summed E-state index contributed by atoms with van der Waals surface area (Å²) >= 11 is 3.47. The molecule has 1 fully saturated rings. The van der Waals surface area contributed by atoms with Crippen LogP contribution in [0.2, 0.25) is 0 Å². The van der Waals surface area contributed by atoms with Gasteiger partial charge in [-0.25, -0.2) is 4.68 Å². The number of halogens is 1. The summed E-state index contributed by atoms with van der Waals surface area (Å²) in [6.07, 6.45) is 5.32. The molecule has 1 aromatic heterocycles. The number of hydrogen-bond donors (Lipinski definition) is 1. The molecule has 1 saturated carbocycles. The number of aromatic nitrogens is 3. The van der Waals surface area contributed by atoms with Crippen LogP contribution in [0.15, 0.2) is 4.60 Å². The summed E-state index contributed by atoms with van der Waals surface area (Å²) in [6, 6.07) is 0.377. The minimum absolute atomic E-state index is 0.377. The average Bonchev–Trinajstić information content (AvgIpc) is 2.83. The maximum Gasteiger partial charge on any atom is 0.153 e. The Morgan fingerprint density at radius 2 is 2.13 bits per heavy atom. The van der Waals surface area contributed by atoms with E-state index in [2.05, 4.69) is 31.6 Å². The third kappa shape index (κ3) is 2.08. The lowest BCUT2D eigenvalue weighted by Gasteiger charge is -2.22. The second-order valence-electron chi connectivity index (χ2n) is 4.20. The molecule has 2 rings (SSSR count). The fraction of sp³-hybridized carbons (Fsp3) is 0.800. The van der Waals surface area contributed by atoms with Gasteiger partial charge in [0.05, 0.1) is 11.7 Å². The van der Waals surface area contributed by atoms with Crippen LogP contribution in [0.4, 0.5) is 0 Å². The first-order chi connectivity index (χ1) is 7.24. The van der Waals surface area contributed by atoms with E-state index < -0.39 is 0 Å². The normalized spacial score (nSPS) is 19.7. The highest BCUT2D eigenvalue weighted by atomic mass is 79.9. The third-order valence-electron chi connectivity index (χ3n) is 3.30. The number of aryl methyl sites for hydroxylation is 1. The monoisotopic (exact) mass is 272 g/mol. The molecule has 0 spiro atoms. The first kappa shape index (κ1) is 11.1. The van der Waals surface area contributed by atoms with Gasteiger partial charge in [0.15, 0.2) is 4.60 Å². The zero-order valence-corrected chi connectivity index (χ0v) is 10.8. The molecule has 0 radical (unpaired) electrons. The van der Waals surface area contributed by atoms with Crippen LogP contribution in [0, 0.1) is 5.92 Å². The van der Waals surface area contributed by atoms with Gasteiger partial charge in [-0.05, 0) is 41.7 Å². The first-order valence-corrected chi connectivity index (χ1v) is 6.25. The van der Waals surface area contributed by atoms with Crippen LogP contribution < -0.4 is 5.32 Å². The maximum absolute atomic E-state index is 4.05. The van der Waals surface area contributed by atoms with Crippen LogP contribution in [0.25, 0.3) is 0 Å². The van der Waals surface area contributed by atoms with E-state index in [9.17, 15) is 0 Å². The summed E-state index contributed by atoms with van der Waals surface area (Å²) in [5.41, 5.74) is 1.17. The fourth-order valence-corrected chi connectivity index (χ4v) is 3.13. The van der Waals surface area contributed by atoms with Crippen molar-refractivity contribution in [3.05, 3.63) is 10.3 Å². The maximum atomic E-state index is 4.05. The van der Waals surface area contributed by atoms with Crippen molar-refractivity contribution in [3.63, 3.8) is 0 Å². The Labute approximate surface area is 98.6 Å². The lowest BCUT2D eigenvalue weighted by Crippen LogP contribution is -2.26. The predicted molar refractivity (Wildman–Crippen MR) is 62.5 cm³/mol. The molecule has 0 aliphatic heterocycles. The Kier molecular flexibility index (Phi) is 3.41. The van der Waals surface area contributed by atoms with Gasteiger partial charge < -0.3 is 5.32 Å². The zero-order valence-electron chi connectivity index (χ0n) is 9.20. The van der Waals surface area contributed by atoms with Crippen molar-refractivity contribution in [2.45, 2.75) is 31.7 Å². The summed E-state index contributed by atoms with van der Waals surface area (Å²) < 4.78 is 2.74. The number of nitrogens with one attached hydrogen (secondary N) is 1. The quantitative estimate of drug-likeness (QED) is 0.916. The molecular formula is C10H17BrN4. The largest absolute Gasteiger partial charge is 0.311 e. The Morgan fingerprint density at radius 1 is 1.47 bits per heavy atom. The van der Waals surface area contributed by atoms with Crippen molar-refractivity contribution in [1.82, 2.24) is 20.3 Å². The van der Waals surface area contributed by atoms with Crippen molar-refractivity contribution < 1.29 is 0 Å². The predicted octanol–water partition coefficient (Wildman–Crippen LogP) is 2.03. The average molecular weight is 273 g/mol. The van der Waals surface area contributed by atoms with E-state index in [1.807, 2.05) is 18.8 Å². The minimum atomic E-state index is 0.377. The van der Waals surface area contributed by atoms with Gasteiger partial charge in [-0.2, -0.15) is 0 Å². The summed E-state index contributed by atoms with van der Waals surface area (Å²) in [5, 5.41) is 11.5. The molecule has 1 aliphatic rings. The molecule has 1 unspecified atom stereocenters. The summed E-state index contributed by atoms with van der Waals surface area (Å²) in [6.45, 7) is 0. The molecule has 1 N–H and O–H groups in total. The molecule has 0 aromatic carbocycles. The van der Waals surface area contributed by atoms with Crippen LogP contribution in [-0.4, -0.2) is 22.0 Å². The molecule has 1 atom stereocenters. The van der Waals surface area contributed by atoms with Crippen molar-refractivity contribution in [1.29, 1.82) is 0 Å². The second kappa shape index (κ2) is 4.61. The number of hydrogen-bond acceptors (Lipinski definition) is 3. The van der Waals surface area contributed by atoms with Gasteiger partial charge in [0, 0.05) is 7.05 Å². The van der Waals surface area contributed by atoms with Crippen LogP contribution in [0.5, 0.6) is 0 Å². The third-order valence-corrected chi connectivity index (χ3v) is 3.87. The summed E-state index contributed by atoms with van der Waals surface area (Å²) in [7, 11) is 3.97. The molecule has 0 amide bonds. The standard InChI is InChI=1S/C10H17BrN4/c1-12-8(7-5-3-4-6-7)9-10(11)13-14-15(9)2/h7-8,12H,3-6H2,1-2H3. The van der Waals surface area contributed by atoms with E-state index in [-0.39, 0.29) is 0 Å². The molecule has 0 bridgehead atoms. The molecule has 1 aromatic rings. The van der Waals surface area contributed by atoms with Gasteiger partial charge in [0.1, 0.15) is 0 Å². The van der Waals surface area contributed by atoms with Gasteiger partial charge in [0.25, 0.3) is 0 Å². The molecule has 5 heteroatoms. The molecule has 15 heavy (non-hydrogen) atoms. The van der Waals surface area contributed by atoms with E-state index in [0.717, 1.165) is 10.5 Å². The molecule has 0 saturated heterocycles. The van der Waals surface area contributed by atoms with Crippen LogP contribution in [0.3, 0.4) is 0 Å². The SMILES string of the molecule is CNC(c1c(Br)nnn1C)C1CCCC1. The van der Waals surface area contributed by atoms with Gasteiger partial charge in [-0.1, -0.05) is 18.1 Å². The topological polar surface area (TPSA) is 42.7 Å². The lowest BCUT2D eigenvalue weighted by atomic mass is 9.96. The van der Waals surface area contributed by atoms with Crippen LogP contribution >= 0.6 is 15.9 Å². The number of rotatable bonds is 3. The Bertz CT molecular complexity index is 311. The highest BCUT2D eigenvalue weighted by molar-refractivity contribution is 9.10. The smallest absolute Gasteiger partial charge is 0.153 e. The molecule has 84 valence electrons. The van der Waals surface area contributed by atoms with Gasteiger partial charge in [-0.15, -0.1) is 5.10 Å². The first-order valence-electron chi connectivity index (χ1n) is 5.46. The van der Waals surface area contributed by atoms with Crippen LogP contribution in [-0.2, 0) is 7.05 Å². The van der Waals surface area contributed by atoms with E-state index in [4.69, 9.17) is 0 Å². The number of nitrogens with zero attached hydrogens (tertiary/aromatic N) is 3. The van der Waals surface area contributed by atoms with Crippen molar-refractivity contribution in [2.75, 3.05) is 7.05 Å². The van der Waals surface area contributed by atoms with E-state index in [1.165, 1.54) is 31.4 Å². The fourth-order valence-electron chi connectivity index (χ4n) is 2.56. The summed E-state index contributed by atoms with van der Waals surface area (Å²) in [5.74, 6) is 0.725. The molecule has 4 nitrogen and oxygen atoms in total. The van der Waals surface area contributed by atoms with Crippen molar-refractivity contribution >= 4 is 15.9 Å². The second-order valence-corrected chi connectivity index (χ2v) is 4.95. The Balaban J connectivity index is 2.25. The Hall–Kier alpha value is -0.420. The summed E-state index contributed by atoms with van der Waals surface area (Å²) in [4.78, 5) is 0.